The number of ether oxygens (including phenoxy) is 1. The Morgan fingerprint density at radius 1 is 1.39 bits per heavy atom. The molecule has 2 heterocycles. The highest BCUT2D eigenvalue weighted by Gasteiger charge is 2.23. The van der Waals surface area contributed by atoms with Crippen LogP contribution < -0.4 is 11.3 Å². The van der Waals surface area contributed by atoms with Crippen molar-refractivity contribution in [1.29, 1.82) is 5.26 Å². The van der Waals surface area contributed by atoms with E-state index in [0.29, 0.717) is 39.0 Å². The number of carbonyl (C=O) groups is 1. The average Bonchev–Trinajstić information content (AvgIpc) is 3.07. The van der Waals surface area contributed by atoms with Gasteiger partial charge in [-0.05, 0) is 31.4 Å². The van der Waals surface area contributed by atoms with Crippen LogP contribution in [0.25, 0.3) is 10.9 Å². The highest BCUT2D eigenvalue weighted by atomic mass is 32.2. The second kappa shape index (κ2) is 9.98. The molecule has 31 heavy (non-hydrogen) atoms. The summed E-state index contributed by atoms with van der Waals surface area (Å²) in [7, 11) is 0. The van der Waals surface area contributed by atoms with Crippen LogP contribution in [0.15, 0.2) is 34.2 Å². The van der Waals surface area contributed by atoms with E-state index in [2.05, 4.69) is 19.9 Å². The van der Waals surface area contributed by atoms with Crippen molar-refractivity contribution in [1.82, 2.24) is 9.55 Å². The van der Waals surface area contributed by atoms with Gasteiger partial charge in [0.15, 0.2) is 5.16 Å². The molecule has 3 aromatic rings. The first-order valence-corrected chi connectivity index (χ1v) is 11.8. The van der Waals surface area contributed by atoms with Crippen LogP contribution in [0.3, 0.4) is 0 Å². The molecule has 3 rings (SSSR count). The number of nitrogens with two attached hydrogens (primary N) is 1. The zero-order valence-corrected chi connectivity index (χ0v) is 19.3. The molecule has 0 aliphatic rings. The van der Waals surface area contributed by atoms with E-state index in [4.69, 9.17) is 15.5 Å². The van der Waals surface area contributed by atoms with E-state index in [1.165, 1.54) is 11.8 Å². The molecule has 9 heteroatoms. The highest BCUT2D eigenvalue weighted by Crippen LogP contribution is 2.35. The zero-order valence-electron chi connectivity index (χ0n) is 17.7. The van der Waals surface area contributed by atoms with Gasteiger partial charge in [0.1, 0.15) is 15.9 Å². The number of nitriles is 1. The van der Waals surface area contributed by atoms with Gasteiger partial charge in [-0.25, -0.2) is 9.78 Å². The Labute approximate surface area is 188 Å². The fourth-order valence-corrected chi connectivity index (χ4v) is 5.16. The summed E-state index contributed by atoms with van der Waals surface area (Å²) < 4.78 is 6.80. The molecule has 0 amide bonds. The van der Waals surface area contributed by atoms with Crippen LogP contribution >= 0.6 is 23.1 Å². The van der Waals surface area contributed by atoms with Gasteiger partial charge in [-0.3, -0.25) is 9.36 Å². The van der Waals surface area contributed by atoms with Gasteiger partial charge in [-0.1, -0.05) is 37.7 Å². The molecule has 1 aromatic carbocycles. The summed E-state index contributed by atoms with van der Waals surface area (Å²) in [5, 5.41) is 11.0. The molecule has 0 aliphatic heterocycles. The Balaban J connectivity index is 2.03. The summed E-state index contributed by atoms with van der Waals surface area (Å²) in [4.78, 5) is 30.5. The van der Waals surface area contributed by atoms with Gasteiger partial charge in [-0.2, -0.15) is 5.26 Å². The Hall–Kier alpha value is -2.83. The molecule has 7 nitrogen and oxygen atoms in total. The Bertz CT molecular complexity index is 1210. The lowest BCUT2D eigenvalue weighted by molar-refractivity contribution is 0.0531. The second-order valence-corrected chi connectivity index (χ2v) is 9.32. The van der Waals surface area contributed by atoms with E-state index in [0.717, 1.165) is 17.8 Å². The molecule has 0 saturated heterocycles. The third-order valence-corrected chi connectivity index (χ3v) is 6.75. The predicted octanol–water partition coefficient (Wildman–Crippen LogP) is 4.43. The minimum atomic E-state index is -0.500. The zero-order chi connectivity index (χ0) is 22.5. The number of anilines is 1. The number of hydrogen-bond donors (Lipinski definition) is 1. The van der Waals surface area contributed by atoms with Gasteiger partial charge in [0.05, 0.1) is 23.1 Å². The van der Waals surface area contributed by atoms with Gasteiger partial charge in [0, 0.05) is 17.9 Å². The van der Waals surface area contributed by atoms with Crippen molar-refractivity contribution in [2.24, 2.45) is 5.92 Å². The smallest absolute Gasteiger partial charge is 0.348 e. The van der Waals surface area contributed by atoms with E-state index < -0.39 is 5.97 Å². The SMILES string of the molecule is CCOC(=O)c1sc(N)c(C#N)c1CSc1nc2ccccc2c(=O)n1CCC(C)C. The van der Waals surface area contributed by atoms with Crippen molar-refractivity contribution in [2.75, 3.05) is 12.3 Å². The number of esters is 1. The summed E-state index contributed by atoms with van der Waals surface area (Å²) in [5.74, 6) is 0.200. The van der Waals surface area contributed by atoms with Crippen molar-refractivity contribution >= 4 is 45.0 Å². The Kier molecular flexibility index (Phi) is 7.36. The van der Waals surface area contributed by atoms with Crippen molar-refractivity contribution in [3.63, 3.8) is 0 Å². The van der Waals surface area contributed by atoms with E-state index in [1.807, 2.05) is 12.1 Å². The first-order chi connectivity index (χ1) is 14.9. The lowest BCUT2D eigenvalue weighted by atomic mass is 10.1. The quantitative estimate of drug-likeness (QED) is 0.303. The molecule has 162 valence electrons. The number of aromatic nitrogens is 2. The van der Waals surface area contributed by atoms with E-state index >= 15 is 0 Å². The van der Waals surface area contributed by atoms with Crippen LogP contribution in [0.2, 0.25) is 0 Å². The fourth-order valence-electron chi connectivity index (χ4n) is 3.09. The number of benzene rings is 1. The largest absolute Gasteiger partial charge is 0.462 e. The fraction of sp³-hybridized carbons (Fsp3) is 0.364. The van der Waals surface area contributed by atoms with E-state index in [-0.39, 0.29) is 28.5 Å². The highest BCUT2D eigenvalue weighted by molar-refractivity contribution is 7.98. The number of para-hydroxylation sites is 1. The van der Waals surface area contributed by atoms with Crippen LogP contribution in [-0.2, 0) is 17.0 Å². The number of thiophene rings is 1. The van der Waals surface area contributed by atoms with Crippen molar-refractivity contribution in [3.8, 4) is 6.07 Å². The maximum absolute atomic E-state index is 13.1. The molecule has 0 atom stereocenters. The Morgan fingerprint density at radius 2 is 2.13 bits per heavy atom. The van der Waals surface area contributed by atoms with Crippen molar-refractivity contribution in [3.05, 3.63) is 50.6 Å². The van der Waals surface area contributed by atoms with Crippen LogP contribution in [0, 0.1) is 17.2 Å². The molecular weight excluding hydrogens is 432 g/mol. The second-order valence-electron chi connectivity index (χ2n) is 7.32. The lowest BCUT2D eigenvalue weighted by Gasteiger charge is -2.14. The summed E-state index contributed by atoms with van der Waals surface area (Å²) in [6.45, 7) is 6.70. The first-order valence-electron chi connectivity index (χ1n) is 9.98. The number of carbonyl (C=O) groups excluding carboxylic acids is 1. The average molecular weight is 457 g/mol. The van der Waals surface area contributed by atoms with Crippen molar-refractivity contribution < 1.29 is 9.53 Å². The maximum Gasteiger partial charge on any atom is 0.348 e. The third-order valence-electron chi connectivity index (χ3n) is 4.71. The molecule has 0 saturated carbocycles. The third kappa shape index (κ3) is 4.92. The normalized spacial score (nSPS) is 11.1. The molecule has 2 N–H and O–H groups in total. The van der Waals surface area contributed by atoms with Crippen molar-refractivity contribution in [2.45, 2.75) is 44.6 Å². The van der Waals surface area contributed by atoms with Gasteiger partial charge in [0.25, 0.3) is 5.56 Å². The molecular formula is C22H24N4O3S2. The molecule has 0 fully saturated rings. The number of fused-ring (bicyclic) bond motifs is 1. The number of nitrogen functional groups attached to an aromatic ring is 1. The number of rotatable bonds is 8. The summed E-state index contributed by atoms with van der Waals surface area (Å²) >= 11 is 2.37. The number of nitrogens with zero attached hydrogens (tertiary/aromatic N) is 3. The summed E-state index contributed by atoms with van der Waals surface area (Å²) in [5.41, 5.74) is 7.29. The van der Waals surface area contributed by atoms with E-state index in [1.54, 1.807) is 23.6 Å². The molecule has 0 radical (unpaired) electrons. The lowest BCUT2D eigenvalue weighted by Crippen LogP contribution is -2.24. The minimum absolute atomic E-state index is 0.0929. The minimum Gasteiger partial charge on any atom is -0.462 e. The standard InChI is InChI=1S/C22H24N4O3S2/c1-4-29-21(28)18-16(15(11-23)19(24)31-18)12-30-22-25-17-8-6-5-7-14(17)20(27)26(22)10-9-13(2)3/h5-8,13H,4,9-10,12,24H2,1-3H3. The molecule has 0 unspecified atom stereocenters. The topological polar surface area (TPSA) is 111 Å². The summed E-state index contributed by atoms with van der Waals surface area (Å²) in [6, 6.07) is 9.33. The van der Waals surface area contributed by atoms with Crippen LogP contribution in [-0.4, -0.2) is 22.1 Å². The predicted molar refractivity (Wildman–Crippen MR) is 124 cm³/mol. The number of hydrogen-bond acceptors (Lipinski definition) is 8. The van der Waals surface area contributed by atoms with Gasteiger partial charge in [-0.15, -0.1) is 11.3 Å². The van der Waals surface area contributed by atoms with Gasteiger partial charge in [0.2, 0.25) is 0 Å². The monoisotopic (exact) mass is 456 g/mol. The molecule has 0 aliphatic carbocycles. The molecule has 2 aromatic heterocycles. The van der Waals surface area contributed by atoms with Crippen LogP contribution in [0.5, 0.6) is 0 Å². The Morgan fingerprint density at radius 3 is 2.81 bits per heavy atom. The number of thioether (sulfide) groups is 1. The van der Waals surface area contributed by atoms with Crippen LogP contribution in [0.1, 0.15) is 48.0 Å². The summed E-state index contributed by atoms with van der Waals surface area (Å²) in [6.07, 6.45) is 0.830. The van der Waals surface area contributed by atoms with E-state index in [9.17, 15) is 14.9 Å². The molecule has 0 bridgehead atoms. The maximum atomic E-state index is 13.1. The molecule has 0 spiro atoms. The van der Waals surface area contributed by atoms with Gasteiger partial charge >= 0.3 is 5.97 Å². The van der Waals surface area contributed by atoms with Gasteiger partial charge < -0.3 is 10.5 Å². The van der Waals surface area contributed by atoms with Crippen LogP contribution in [0.4, 0.5) is 5.00 Å². The first kappa shape index (κ1) is 22.8.